The zero-order valence-corrected chi connectivity index (χ0v) is 14.0. The number of hydrogen-bond donors (Lipinski definition) is 1. The molecule has 2 aromatic carbocycles. The van der Waals surface area contributed by atoms with Crippen LogP contribution in [0.3, 0.4) is 0 Å². The Hall–Kier alpha value is -3.02. The van der Waals surface area contributed by atoms with Gasteiger partial charge in [0.05, 0.1) is 17.8 Å². The molecule has 0 bridgehead atoms. The van der Waals surface area contributed by atoms with Gasteiger partial charge in [0.15, 0.2) is 0 Å². The van der Waals surface area contributed by atoms with E-state index in [2.05, 4.69) is 4.99 Å². The number of nitrogens with zero attached hydrogens (tertiary/aromatic N) is 2. The maximum atomic E-state index is 13.2. The lowest BCUT2D eigenvalue weighted by molar-refractivity contribution is 0.0697. The number of benzene rings is 2. The molecular weight excluding hydrogens is 338 g/mol. The Balaban J connectivity index is 1.94. The number of aromatic carboxylic acids is 1. The van der Waals surface area contributed by atoms with Gasteiger partial charge in [0.1, 0.15) is 5.84 Å². The minimum Gasteiger partial charge on any atom is -0.478 e. The molecule has 0 spiro atoms. The number of alkyl halides is 2. The van der Waals surface area contributed by atoms with Crippen molar-refractivity contribution in [3.8, 4) is 0 Å². The van der Waals surface area contributed by atoms with Gasteiger partial charge in [0.2, 0.25) is 0 Å². The van der Waals surface area contributed by atoms with Gasteiger partial charge < -0.3 is 10.0 Å². The Labute approximate surface area is 150 Å². The highest BCUT2D eigenvalue weighted by molar-refractivity contribution is 5.95. The first-order chi connectivity index (χ1) is 12.5. The Kier molecular flexibility index (Phi) is 5.41. The summed E-state index contributed by atoms with van der Waals surface area (Å²) in [5, 5.41) is 8.96. The van der Waals surface area contributed by atoms with Crippen molar-refractivity contribution in [3.05, 3.63) is 71.8 Å². The molecule has 0 unspecified atom stereocenters. The molecule has 0 fully saturated rings. The monoisotopic (exact) mass is 356 g/mol. The first-order valence-electron chi connectivity index (χ1n) is 8.27. The van der Waals surface area contributed by atoms with Crippen molar-refractivity contribution in [1.29, 1.82) is 0 Å². The number of hydrogen-bond acceptors (Lipinski definition) is 2. The minimum atomic E-state index is -2.50. The predicted molar refractivity (Wildman–Crippen MR) is 96.9 cm³/mol. The largest absolute Gasteiger partial charge is 0.478 e. The summed E-state index contributed by atoms with van der Waals surface area (Å²) in [5.74, 6) is -0.467. The first kappa shape index (κ1) is 17.8. The molecule has 0 saturated heterocycles. The third kappa shape index (κ3) is 4.14. The van der Waals surface area contributed by atoms with Crippen LogP contribution in [0.15, 0.2) is 65.7 Å². The number of carbonyl (C=O) groups is 1. The van der Waals surface area contributed by atoms with E-state index in [1.54, 1.807) is 17.0 Å². The van der Waals surface area contributed by atoms with Crippen LogP contribution in [0.4, 0.5) is 14.5 Å². The van der Waals surface area contributed by atoms with Gasteiger partial charge in [-0.1, -0.05) is 36.4 Å². The lowest BCUT2D eigenvalue weighted by atomic mass is 10.0. The number of aliphatic imine (C=N–C) groups is 1. The number of allylic oxidation sites excluding steroid dienone is 1. The normalized spacial score (nSPS) is 16.0. The Bertz CT molecular complexity index is 831. The standard InChI is InChI=1S/C20H18F2N2O2/c21-18(22)13-24-17(14-5-2-1-3-6-14)7-4-8-19(24)23-16-11-9-15(10-12-16)20(25)26/h1-3,5-7,9-12,18H,4,8,13H2,(H,25,26). The van der Waals surface area contributed by atoms with E-state index in [0.29, 0.717) is 24.4 Å². The fraction of sp³-hybridized carbons (Fsp3) is 0.200. The van der Waals surface area contributed by atoms with Gasteiger partial charge in [-0.05, 0) is 36.2 Å². The molecule has 0 aliphatic carbocycles. The lowest BCUT2D eigenvalue weighted by Gasteiger charge is -2.32. The zero-order chi connectivity index (χ0) is 18.5. The van der Waals surface area contributed by atoms with Crippen LogP contribution in [0, 0.1) is 0 Å². The van der Waals surface area contributed by atoms with Gasteiger partial charge in [-0.25, -0.2) is 18.6 Å². The van der Waals surface area contributed by atoms with Gasteiger partial charge in [-0.15, -0.1) is 0 Å². The Morgan fingerprint density at radius 2 is 1.81 bits per heavy atom. The average molecular weight is 356 g/mol. The number of rotatable bonds is 5. The maximum absolute atomic E-state index is 13.2. The van der Waals surface area contributed by atoms with Gasteiger partial charge in [0, 0.05) is 12.1 Å². The molecule has 1 aliphatic rings. The molecule has 1 aliphatic heterocycles. The Morgan fingerprint density at radius 1 is 1.12 bits per heavy atom. The summed E-state index contributed by atoms with van der Waals surface area (Å²) in [6.07, 6.45) is 0.698. The van der Waals surface area contributed by atoms with Crippen LogP contribution < -0.4 is 0 Å². The van der Waals surface area contributed by atoms with Crippen molar-refractivity contribution >= 4 is 23.2 Å². The van der Waals surface area contributed by atoms with E-state index in [0.717, 1.165) is 11.3 Å². The van der Waals surface area contributed by atoms with Gasteiger partial charge in [0.25, 0.3) is 6.43 Å². The molecule has 6 heteroatoms. The van der Waals surface area contributed by atoms with Crippen LogP contribution in [-0.2, 0) is 0 Å². The van der Waals surface area contributed by atoms with E-state index in [1.165, 1.54) is 12.1 Å². The van der Waals surface area contributed by atoms with Crippen LogP contribution in [0.2, 0.25) is 0 Å². The molecule has 134 valence electrons. The van der Waals surface area contributed by atoms with Crippen LogP contribution in [0.1, 0.15) is 28.8 Å². The molecule has 0 aromatic heterocycles. The third-order valence-corrected chi connectivity index (χ3v) is 4.07. The Morgan fingerprint density at radius 3 is 2.42 bits per heavy atom. The van der Waals surface area contributed by atoms with Crippen LogP contribution in [0.25, 0.3) is 5.70 Å². The topological polar surface area (TPSA) is 52.9 Å². The van der Waals surface area contributed by atoms with E-state index in [1.807, 2.05) is 36.4 Å². The smallest absolute Gasteiger partial charge is 0.335 e. The van der Waals surface area contributed by atoms with E-state index >= 15 is 0 Å². The fourth-order valence-corrected chi connectivity index (χ4v) is 2.89. The number of amidine groups is 1. The van der Waals surface area contributed by atoms with Crippen LogP contribution in [-0.4, -0.2) is 34.8 Å². The van der Waals surface area contributed by atoms with Crippen LogP contribution in [0.5, 0.6) is 0 Å². The summed E-state index contributed by atoms with van der Waals surface area (Å²) < 4.78 is 26.3. The average Bonchev–Trinajstić information content (AvgIpc) is 2.64. The quantitative estimate of drug-likeness (QED) is 0.836. The summed E-state index contributed by atoms with van der Waals surface area (Å²) in [6, 6.07) is 15.5. The van der Waals surface area contributed by atoms with Crippen molar-refractivity contribution in [2.45, 2.75) is 19.3 Å². The van der Waals surface area contributed by atoms with Crippen molar-refractivity contribution in [2.24, 2.45) is 4.99 Å². The fourth-order valence-electron chi connectivity index (χ4n) is 2.89. The summed E-state index contributed by atoms with van der Waals surface area (Å²) in [4.78, 5) is 17.0. The highest BCUT2D eigenvalue weighted by atomic mass is 19.3. The van der Waals surface area contributed by atoms with E-state index < -0.39 is 18.9 Å². The van der Waals surface area contributed by atoms with Crippen molar-refractivity contribution in [1.82, 2.24) is 4.90 Å². The molecule has 3 rings (SSSR count). The summed E-state index contributed by atoms with van der Waals surface area (Å²) >= 11 is 0. The molecule has 26 heavy (non-hydrogen) atoms. The maximum Gasteiger partial charge on any atom is 0.335 e. The highest BCUT2D eigenvalue weighted by Gasteiger charge is 2.24. The van der Waals surface area contributed by atoms with Crippen molar-refractivity contribution in [3.63, 3.8) is 0 Å². The molecule has 1 N–H and O–H groups in total. The first-order valence-corrected chi connectivity index (χ1v) is 8.27. The second kappa shape index (κ2) is 7.91. The number of carboxylic acids is 1. The molecule has 0 amide bonds. The number of carboxylic acid groups (broad SMARTS) is 1. The molecule has 1 heterocycles. The van der Waals surface area contributed by atoms with Crippen molar-refractivity contribution in [2.75, 3.05) is 6.54 Å². The van der Waals surface area contributed by atoms with Gasteiger partial charge in [-0.2, -0.15) is 0 Å². The molecule has 0 radical (unpaired) electrons. The molecule has 4 nitrogen and oxygen atoms in total. The SMILES string of the molecule is O=C(O)c1ccc(N=C2CCC=C(c3ccccc3)N2CC(F)F)cc1. The second-order valence-electron chi connectivity index (χ2n) is 5.88. The lowest BCUT2D eigenvalue weighted by Crippen LogP contribution is -2.35. The molecule has 0 atom stereocenters. The molecule has 2 aromatic rings. The predicted octanol–water partition coefficient (Wildman–Crippen LogP) is 4.82. The molecule has 0 saturated carbocycles. The minimum absolute atomic E-state index is 0.159. The van der Waals surface area contributed by atoms with E-state index in [9.17, 15) is 13.6 Å². The summed E-state index contributed by atoms with van der Waals surface area (Å²) in [7, 11) is 0. The van der Waals surface area contributed by atoms with E-state index in [4.69, 9.17) is 5.11 Å². The van der Waals surface area contributed by atoms with E-state index in [-0.39, 0.29) is 5.56 Å². The summed E-state index contributed by atoms with van der Waals surface area (Å²) in [6.45, 7) is -0.438. The highest BCUT2D eigenvalue weighted by Crippen LogP contribution is 2.28. The second-order valence-corrected chi connectivity index (χ2v) is 5.88. The van der Waals surface area contributed by atoms with Gasteiger partial charge >= 0.3 is 5.97 Å². The molecular formula is C20H18F2N2O2. The number of halogens is 2. The van der Waals surface area contributed by atoms with Crippen LogP contribution >= 0.6 is 0 Å². The van der Waals surface area contributed by atoms with Crippen molar-refractivity contribution < 1.29 is 18.7 Å². The van der Waals surface area contributed by atoms with Gasteiger partial charge in [-0.3, -0.25) is 0 Å². The summed E-state index contributed by atoms with van der Waals surface area (Å²) in [5.41, 5.74) is 2.28. The zero-order valence-electron chi connectivity index (χ0n) is 14.0. The third-order valence-electron chi connectivity index (χ3n) is 4.07.